The number of nitrogens with one attached hydrogen (secondary N) is 1. The number of methoxy groups -OCH3 is 1. The first-order valence-electron chi connectivity index (χ1n) is 7.87. The number of ether oxygens (including phenoxy) is 2. The van der Waals surface area contributed by atoms with Gasteiger partial charge in [0.15, 0.2) is 11.5 Å². The van der Waals surface area contributed by atoms with Crippen molar-refractivity contribution in [3.8, 4) is 17.6 Å². The van der Waals surface area contributed by atoms with Gasteiger partial charge in [-0.1, -0.05) is 24.9 Å². The van der Waals surface area contributed by atoms with Crippen LogP contribution in [-0.2, 0) is 4.79 Å². The SMILES string of the molecule is CCCCNC(=O)C(C#N)=Cc1cc(Cl)c(OC(C)C)c(OC)c1. The van der Waals surface area contributed by atoms with Crippen molar-refractivity contribution < 1.29 is 14.3 Å². The van der Waals surface area contributed by atoms with Crippen LogP contribution in [0.2, 0.25) is 5.02 Å². The van der Waals surface area contributed by atoms with Crippen molar-refractivity contribution in [3.63, 3.8) is 0 Å². The van der Waals surface area contributed by atoms with Crippen LogP contribution in [-0.4, -0.2) is 25.7 Å². The molecule has 0 atom stereocenters. The van der Waals surface area contributed by atoms with Crippen LogP contribution in [0.4, 0.5) is 0 Å². The average molecular weight is 351 g/mol. The summed E-state index contributed by atoms with van der Waals surface area (Å²) < 4.78 is 10.9. The molecule has 0 spiro atoms. The molecule has 1 aromatic carbocycles. The van der Waals surface area contributed by atoms with Crippen LogP contribution in [0.1, 0.15) is 39.2 Å². The summed E-state index contributed by atoms with van der Waals surface area (Å²) in [5, 5.41) is 12.3. The first-order chi connectivity index (χ1) is 11.4. The monoisotopic (exact) mass is 350 g/mol. The lowest BCUT2D eigenvalue weighted by Gasteiger charge is -2.15. The first-order valence-corrected chi connectivity index (χ1v) is 8.24. The van der Waals surface area contributed by atoms with E-state index in [1.165, 1.54) is 13.2 Å². The Hall–Kier alpha value is -2.19. The van der Waals surface area contributed by atoms with Gasteiger partial charge in [0, 0.05) is 6.54 Å². The Labute approximate surface area is 148 Å². The van der Waals surface area contributed by atoms with Gasteiger partial charge in [0.1, 0.15) is 11.6 Å². The van der Waals surface area contributed by atoms with E-state index in [9.17, 15) is 10.1 Å². The zero-order valence-electron chi connectivity index (χ0n) is 14.5. The second-order valence-electron chi connectivity index (χ2n) is 5.48. The minimum absolute atomic E-state index is 0.0155. The van der Waals surface area contributed by atoms with Gasteiger partial charge >= 0.3 is 0 Å². The lowest BCUT2D eigenvalue weighted by molar-refractivity contribution is -0.117. The molecule has 1 N–H and O–H groups in total. The molecule has 5 nitrogen and oxygen atoms in total. The van der Waals surface area contributed by atoms with Crippen LogP contribution in [0, 0.1) is 11.3 Å². The second-order valence-corrected chi connectivity index (χ2v) is 5.89. The number of carbonyl (C=O) groups excluding carboxylic acids is 1. The van der Waals surface area contributed by atoms with Crippen molar-refractivity contribution in [2.24, 2.45) is 0 Å². The molecule has 24 heavy (non-hydrogen) atoms. The lowest BCUT2D eigenvalue weighted by Crippen LogP contribution is -2.25. The molecule has 0 saturated carbocycles. The number of amides is 1. The molecule has 6 heteroatoms. The molecule has 0 aromatic heterocycles. The lowest BCUT2D eigenvalue weighted by atomic mass is 10.1. The molecule has 1 amide bonds. The first kappa shape index (κ1) is 19.9. The van der Waals surface area contributed by atoms with Gasteiger partial charge in [-0.3, -0.25) is 4.79 Å². The van der Waals surface area contributed by atoms with Crippen LogP contribution >= 0.6 is 11.6 Å². The molecule has 0 unspecified atom stereocenters. The predicted molar refractivity (Wildman–Crippen MR) is 95.3 cm³/mol. The van der Waals surface area contributed by atoms with E-state index < -0.39 is 5.91 Å². The minimum Gasteiger partial charge on any atom is -0.493 e. The van der Waals surface area contributed by atoms with Crippen LogP contribution in [0.25, 0.3) is 6.08 Å². The van der Waals surface area contributed by atoms with Gasteiger partial charge in [-0.15, -0.1) is 0 Å². The summed E-state index contributed by atoms with van der Waals surface area (Å²) in [5.41, 5.74) is 0.608. The maximum absolute atomic E-state index is 12.0. The van der Waals surface area contributed by atoms with Crippen molar-refractivity contribution in [1.29, 1.82) is 5.26 Å². The fourth-order valence-electron chi connectivity index (χ4n) is 1.96. The maximum Gasteiger partial charge on any atom is 0.261 e. The van der Waals surface area contributed by atoms with Gasteiger partial charge in [-0.25, -0.2) is 0 Å². The number of nitrogens with zero attached hydrogens (tertiary/aromatic N) is 1. The average Bonchev–Trinajstić information content (AvgIpc) is 2.54. The molecule has 1 aromatic rings. The Kier molecular flexibility index (Phi) is 8.14. The smallest absolute Gasteiger partial charge is 0.261 e. The minimum atomic E-state index is -0.399. The third-order valence-corrected chi connectivity index (χ3v) is 3.38. The Morgan fingerprint density at radius 2 is 2.17 bits per heavy atom. The number of nitriles is 1. The molecule has 0 bridgehead atoms. The predicted octanol–water partition coefficient (Wildman–Crippen LogP) is 3.96. The van der Waals surface area contributed by atoms with E-state index in [-0.39, 0.29) is 11.7 Å². The highest BCUT2D eigenvalue weighted by molar-refractivity contribution is 6.32. The van der Waals surface area contributed by atoms with Crippen molar-refractivity contribution >= 4 is 23.6 Å². The molecular weight excluding hydrogens is 328 g/mol. The molecule has 0 heterocycles. The third-order valence-electron chi connectivity index (χ3n) is 3.10. The summed E-state index contributed by atoms with van der Waals surface area (Å²) in [6.45, 7) is 6.35. The molecule has 0 aliphatic heterocycles. The van der Waals surface area contributed by atoms with Crippen LogP contribution < -0.4 is 14.8 Å². The second kappa shape index (κ2) is 9.84. The summed E-state index contributed by atoms with van der Waals surface area (Å²) in [6.07, 6.45) is 3.26. The summed E-state index contributed by atoms with van der Waals surface area (Å²) >= 11 is 6.25. The zero-order valence-corrected chi connectivity index (χ0v) is 15.2. The highest BCUT2D eigenvalue weighted by Gasteiger charge is 2.14. The Bertz CT molecular complexity index is 648. The number of halogens is 1. The van der Waals surface area contributed by atoms with Crippen LogP contribution in [0.3, 0.4) is 0 Å². The summed E-state index contributed by atoms with van der Waals surface area (Å²) in [6, 6.07) is 5.23. The Balaban J connectivity index is 3.10. The highest BCUT2D eigenvalue weighted by Crippen LogP contribution is 2.37. The van der Waals surface area contributed by atoms with E-state index in [2.05, 4.69) is 5.32 Å². The van der Waals surface area contributed by atoms with Crippen LogP contribution in [0.5, 0.6) is 11.5 Å². The van der Waals surface area contributed by atoms with Gasteiger partial charge < -0.3 is 14.8 Å². The topological polar surface area (TPSA) is 71.4 Å². The van der Waals surface area contributed by atoms with Crippen molar-refractivity contribution in [1.82, 2.24) is 5.32 Å². The molecular formula is C18H23ClN2O3. The normalized spacial score (nSPS) is 11.1. The van der Waals surface area contributed by atoms with Gasteiger partial charge in [-0.2, -0.15) is 5.26 Å². The van der Waals surface area contributed by atoms with Crippen LogP contribution in [0.15, 0.2) is 17.7 Å². The fraction of sp³-hybridized carbons (Fsp3) is 0.444. The summed E-state index contributed by atoms with van der Waals surface area (Å²) in [5.74, 6) is 0.492. The van der Waals surface area contributed by atoms with Gasteiger partial charge in [0.25, 0.3) is 5.91 Å². The molecule has 0 radical (unpaired) electrons. The molecule has 0 fully saturated rings. The quantitative estimate of drug-likeness (QED) is 0.437. The highest BCUT2D eigenvalue weighted by atomic mass is 35.5. The van der Waals surface area contributed by atoms with E-state index in [0.717, 1.165) is 12.8 Å². The molecule has 0 aliphatic carbocycles. The number of hydrogen-bond donors (Lipinski definition) is 1. The van der Waals surface area contributed by atoms with E-state index in [1.807, 2.05) is 26.8 Å². The fourth-order valence-corrected chi connectivity index (χ4v) is 2.23. The standard InChI is InChI=1S/C18H23ClN2O3/c1-5-6-7-21-18(22)14(11-20)8-13-9-15(19)17(24-12(2)3)16(10-13)23-4/h8-10,12H,5-7H2,1-4H3,(H,21,22). The number of rotatable bonds is 8. The summed E-state index contributed by atoms with van der Waals surface area (Å²) in [7, 11) is 1.51. The van der Waals surface area contributed by atoms with E-state index >= 15 is 0 Å². The summed E-state index contributed by atoms with van der Waals surface area (Å²) in [4.78, 5) is 12.0. The van der Waals surface area contributed by atoms with Gasteiger partial charge in [-0.05, 0) is 44.0 Å². The number of carbonyl (C=O) groups is 1. The van der Waals surface area contributed by atoms with Gasteiger partial charge in [0.2, 0.25) is 0 Å². The number of unbranched alkanes of at least 4 members (excludes halogenated alkanes) is 1. The Morgan fingerprint density at radius 1 is 1.46 bits per heavy atom. The van der Waals surface area contributed by atoms with Gasteiger partial charge in [0.05, 0.1) is 18.2 Å². The molecule has 1 rings (SSSR count). The number of benzene rings is 1. The van der Waals surface area contributed by atoms with Crippen molar-refractivity contribution in [3.05, 3.63) is 28.3 Å². The third kappa shape index (κ3) is 5.78. The maximum atomic E-state index is 12.0. The number of hydrogen-bond acceptors (Lipinski definition) is 4. The zero-order chi connectivity index (χ0) is 18.1. The van der Waals surface area contributed by atoms with E-state index in [0.29, 0.717) is 28.6 Å². The van der Waals surface area contributed by atoms with Crippen molar-refractivity contribution in [2.75, 3.05) is 13.7 Å². The largest absolute Gasteiger partial charge is 0.493 e. The van der Waals surface area contributed by atoms with Crippen molar-refractivity contribution in [2.45, 2.75) is 39.7 Å². The van der Waals surface area contributed by atoms with E-state index in [4.69, 9.17) is 21.1 Å². The Morgan fingerprint density at radius 3 is 2.71 bits per heavy atom. The molecule has 0 saturated heterocycles. The molecule has 0 aliphatic rings. The van der Waals surface area contributed by atoms with E-state index in [1.54, 1.807) is 12.1 Å². The molecule has 130 valence electrons.